The molecule has 0 fully saturated rings. The van der Waals surface area contributed by atoms with E-state index >= 15 is 0 Å². The Morgan fingerprint density at radius 2 is 1.39 bits per heavy atom. The Balaban J connectivity index is 0.962. The van der Waals surface area contributed by atoms with Crippen LogP contribution in [0, 0.1) is 26.0 Å². The van der Waals surface area contributed by atoms with Crippen LogP contribution in [0.5, 0.6) is 17.4 Å². The molecule has 0 saturated heterocycles. The summed E-state index contributed by atoms with van der Waals surface area (Å²) in [6.07, 6.45) is -2.47. The Bertz CT molecular complexity index is 3870. The molecule has 444 valence electrons. The van der Waals surface area contributed by atoms with Crippen molar-refractivity contribution in [1.29, 1.82) is 0 Å². The molecule has 1 aliphatic carbocycles. The third-order valence-corrected chi connectivity index (χ3v) is 18.1. The van der Waals surface area contributed by atoms with E-state index in [2.05, 4.69) is 30.1 Å². The van der Waals surface area contributed by atoms with Crippen LogP contribution in [-0.4, -0.2) is 95.9 Å². The number of rotatable bonds is 22. The smallest absolute Gasteiger partial charge is 0.420 e. The number of nitrogens with two attached hydrogens (primary N) is 1. The van der Waals surface area contributed by atoms with Gasteiger partial charge in [-0.3, -0.25) is 14.4 Å². The van der Waals surface area contributed by atoms with E-state index in [1.807, 2.05) is 62.4 Å². The lowest BCUT2D eigenvalue weighted by Crippen LogP contribution is -2.53. The molecule has 0 saturated carbocycles. The molecular weight excluding hydrogens is 1130 g/mol. The van der Waals surface area contributed by atoms with Crippen molar-refractivity contribution in [3.8, 4) is 28.5 Å². The van der Waals surface area contributed by atoms with Gasteiger partial charge in [-0.25, -0.2) is 35.9 Å². The summed E-state index contributed by atoms with van der Waals surface area (Å²) in [7, 11) is -7.61. The van der Waals surface area contributed by atoms with Crippen LogP contribution in [0.15, 0.2) is 158 Å². The van der Waals surface area contributed by atoms with Crippen molar-refractivity contribution in [2.45, 2.75) is 111 Å². The first-order chi connectivity index (χ1) is 40.5. The van der Waals surface area contributed by atoms with E-state index in [1.54, 1.807) is 57.2 Å². The maximum Gasteiger partial charge on any atom is 0.420 e. The summed E-state index contributed by atoms with van der Waals surface area (Å²) in [4.78, 5) is 60.2. The molecule has 5 N–H and O–H groups in total. The Morgan fingerprint density at radius 3 is 2.04 bits per heavy atom. The number of sulfonamides is 1. The molecule has 2 heterocycles. The molecule has 3 atom stereocenters. The van der Waals surface area contributed by atoms with E-state index in [1.165, 1.54) is 48.5 Å². The molecule has 1 aliphatic heterocycles. The van der Waals surface area contributed by atoms with Gasteiger partial charge in [0.25, 0.3) is 19.9 Å². The highest BCUT2D eigenvalue weighted by Gasteiger charge is 2.39. The van der Waals surface area contributed by atoms with Gasteiger partial charge >= 0.3 is 28.9 Å². The van der Waals surface area contributed by atoms with Crippen molar-refractivity contribution in [3.63, 3.8) is 0 Å². The van der Waals surface area contributed by atoms with Crippen molar-refractivity contribution in [1.82, 2.24) is 20.5 Å². The molecule has 0 spiro atoms. The van der Waals surface area contributed by atoms with Crippen LogP contribution in [0.25, 0.3) is 11.1 Å². The predicted molar refractivity (Wildman–Crippen MR) is 309 cm³/mol. The highest BCUT2D eigenvalue weighted by atomic mass is 32.2. The number of aromatic nitrogens is 2. The number of sulfone groups is 1. The first kappa shape index (κ1) is 60.3. The number of alkyl carbamates (subject to hydrolysis) is 1. The molecule has 7 aromatic rings. The molecule has 22 nitrogen and oxygen atoms in total. The monoisotopic (exact) mass is 1200 g/mol. The van der Waals surface area contributed by atoms with E-state index in [4.69, 9.17) is 29.4 Å². The van der Waals surface area contributed by atoms with E-state index in [-0.39, 0.29) is 65.2 Å². The highest BCUT2D eigenvalue weighted by Crippen LogP contribution is 2.45. The topological polar surface area (TPSA) is 310 Å². The zero-order chi connectivity index (χ0) is 60.8. The number of methoxy groups -OCH3 is 1. The van der Waals surface area contributed by atoms with Crippen LogP contribution in [0.1, 0.15) is 77.1 Å². The predicted octanol–water partition coefficient (Wildman–Crippen LogP) is 6.91. The van der Waals surface area contributed by atoms with Gasteiger partial charge in [-0.1, -0.05) is 109 Å². The average molecular weight is 1200 g/mol. The van der Waals surface area contributed by atoms with Crippen molar-refractivity contribution in [2.24, 2.45) is 10.7 Å². The summed E-state index contributed by atoms with van der Waals surface area (Å²) >= 11 is 0. The SMILES string of the molecule is COC(=O)[C@H](Cc1ccccc1)OC(=O)[C@H](Cc1ccc(Oc2no[n+]([O-])c2S(=O)(=O)c2ccccc2)cc1)NC(=O)[C@H](CCCN=C(N)NS(=O)(=O)c1c(C)c(C)c2c(c1C)CC(C)(C)O2)NC(=O)OCC1c2ccccc2-c2ccccc21. The van der Waals surface area contributed by atoms with Gasteiger partial charge in [-0.05, 0) is 127 Å². The largest absolute Gasteiger partial charge is 0.487 e. The lowest BCUT2D eigenvalue weighted by Gasteiger charge is -2.25. The number of hydrogen-bond acceptors (Lipinski definition) is 17. The Hall–Kier alpha value is -9.29. The minimum absolute atomic E-state index is 0.00910. The lowest BCUT2D eigenvalue weighted by atomic mass is 9.94. The van der Waals surface area contributed by atoms with E-state index in [0.29, 0.717) is 40.0 Å². The second-order valence-corrected chi connectivity index (χ2v) is 24.6. The zero-order valence-corrected chi connectivity index (χ0v) is 49.0. The number of nitrogens with one attached hydrogen (secondary N) is 3. The number of esters is 2. The summed E-state index contributed by atoms with van der Waals surface area (Å²) in [6, 6.07) is 34.0. The minimum atomic E-state index is -4.47. The summed E-state index contributed by atoms with van der Waals surface area (Å²) in [5.41, 5.74) is 13.0. The molecule has 1 aromatic heterocycles. The van der Waals surface area contributed by atoms with E-state index in [0.717, 1.165) is 34.9 Å². The van der Waals surface area contributed by atoms with Crippen LogP contribution >= 0.6 is 0 Å². The Kier molecular flexibility index (Phi) is 17.9. The van der Waals surface area contributed by atoms with Gasteiger partial charge in [0.2, 0.25) is 18.0 Å². The number of carbonyl (C=O) groups excluding carboxylic acids is 4. The summed E-state index contributed by atoms with van der Waals surface area (Å²) in [5.74, 6) is -3.61. The van der Waals surface area contributed by atoms with Crippen molar-refractivity contribution < 1.29 is 69.2 Å². The van der Waals surface area contributed by atoms with Gasteiger partial charge in [-0.15, -0.1) is 0 Å². The fraction of sp³-hybridized carbons (Fsp3) is 0.295. The number of nitrogens with zero attached hydrogens (tertiary/aromatic N) is 3. The number of aliphatic imine (C=N–C) groups is 1. The van der Waals surface area contributed by atoms with Crippen LogP contribution in [0.3, 0.4) is 0 Å². The number of hydrogen-bond donors (Lipinski definition) is 4. The number of ether oxygens (including phenoxy) is 5. The van der Waals surface area contributed by atoms with Crippen LogP contribution in [0.4, 0.5) is 4.79 Å². The number of amides is 2. The van der Waals surface area contributed by atoms with Gasteiger partial charge in [0.05, 0.1) is 22.1 Å². The molecule has 0 radical (unpaired) electrons. The standard InChI is InChI=1S/C61H63N7O15S2/c1-36-37(2)53(38(3)47-34-61(4,5)82-52(36)47)85(76,77)67-59(62)63-31-17-26-49(65-60(72)79-35-48-45-24-15-13-22-43(45)44-23-14-16-25-46(44)48)54(69)64-50(57(70)81-51(58(71)78-6)33-39-18-9-7-10-19-39)32-40-27-29-41(30-28-40)80-55-56(68(73)83-66-55)84(74,75)42-20-11-8-12-21-42/h7-16,18-25,27-30,48-51H,17,26,31-35H2,1-6H3,(H,64,69)(H,65,72)(H3,62,63,67)/t49-,50-,51-/m0/s1. The molecule has 9 rings (SSSR count). The lowest BCUT2D eigenvalue weighted by molar-refractivity contribution is -0.832. The third-order valence-electron chi connectivity index (χ3n) is 14.7. The Morgan fingerprint density at radius 1 is 0.776 bits per heavy atom. The number of benzene rings is 6. The normalized spacial score (nSPS) is 14.5. The molecule has 0 unspecified atom stereocenters. The number of carbonyl (C=O) groups is 4. The maximum absolute atomic E-state index is 14.7. The van der Waals surface area contributed by atoms with Gasteiger partial charge in [0.15, 0.2) is 0 Å². The third kappa shape index (κ3) is 13.6. The quantitative estimate of drug-likeness (QED) is 0.0134. The second kappa shape index (κ2) is 25.3. The van der Waals surface area contributed by atoms with Crippen molar-refractivity contribution >= 4 is 49.8 Å². The average Bonchev–Trinajstić information content (AvgIpc) is 1.99. The molecule has 6 aromatic carbocycles. The van der Waals surface area contributed by atoms with Gasteiger partial charge < -0.3 is 45.3 Å². The van der Waals surface area contributed by atoms with E-state index < -0.39 is 84.5 Å². The first-order valence-electron chi connectivity index (χ1n) is 27.1. The van der Waals surface area contributed by atoms with Gasteiger partial charge in [-0.2, -0.15) is 0 Å². The van der Waals surface area contributed by atoms with Crippen molar-refractivity contribution in [2.75, 3.05) is 20.3 Å². The number of guanidine groups is 1. The molecule has 2 aliphatic rings. The van der Waals surface area contributed by atoms with Crippen LogP contribution in [-0.2, 0) is 67.7 Å². The fourth-order valence-electron chi connectivity index (χ4n) is 10.5. The van der Waals surface area contributed by atoms with Crippen LogP contribution in [0.2, 0.25) is 0 Å². The first-order valence-corrected chi connectivity index (χ1v) is 30.1. The molecule has 2 amide bonds. The molecule has 24 heteroatoms. The summed E-state index contributed by atoms with van der Waals surface area (Å²) in [5, 5.41) is 20.6. The zero-order valence-electron chi connectivity index (χ0n) is 47.3. The molecule has 85 heavy (non-hydrogen) atoms. The maximum atomic E-state index is 14.7. The fourth-order valence-corrected chi connectivity index (χ4v) is 13.3. The molecular formula is C61H63N7O15S2. The van der Waals surface area contributed by atoms with E-state index in [9.17, 15) is 41.2 Å². The number of fused-ring (bicyclic) bond motifs is 4. The Labute approximate surface area is 491 Å². The minimum Gasteiger partial charge on any atom is -0.487 e. The summed E-state index contributed by atoms with van der Waals surface area (Å²) < 4.78 is 90.5. The van der Waals surface area contributed by atoms with Gasteiger partial charge in [0, 0.05) is 37.3 Å². The molecule has 0 bridgehead atoms. The van der Waals surface area contributed by atoms with Gasteiger partial charge in [0.1, 0.15) is 35.8 Å². The second-order valence-electron chi connectivity index (χ2n) is 21.1. The van der Waals surface area contributed by atoms with Crippen molar-refractivity contribution in [3.05, 3.63) is 183 Å². The summed E-state index contributed by atoms with van der Waals surface area (Å²) in [6.45, 7) is 8.82. The van der Waals surface area contributed by atoms with Crippen LogP contribution < -0.4 is 35.5 Å². The highest BCUT2D eigenvalue weighted by molar-refractivity contribution is 7.91.